The molecule has 0 fully saturated rings. The Morgan fingerprint density at radius 1 is 0.381 bits per heavy atom. The number of hydrogen-bond acceptors (Lipinski definition) is 2. The lowest BCUT2D eigenvalue weighted by atomic mass is 15.8. The molecule has 21 heavy (non-hydrogen) atoms. The van der Waals surface area contributed by atoms with Crippen LogP contribution in [-0.4, -0.2) is 117 Å². The minimum Gasteiger partial charge on any atom is -0.412 e. The van der Waals surface area contributed by atoms with Gasteiger partial charge in [0.15, 0.2) is 17.4 Å². The maximum absolute atomic E-state index is 8.74. The highest BCUT2D eigenvalue weighted by atomic mass is 32.3. The van der Waals surface area contributed by atoms with E-state index < -0.39 is 10.4 Å². The van der Waals surface area contributed by atoms with Gasteiger partial charge in [0.1, 0.15) is 0 Å². The standard InChI is InChI=1S/Al.H2O4S.15H2O.3H/c;1-5(2,3)4;;;;;;;;;;;;;;;;;;/h;(H2,1,2,3,4);15*1H2;;;. The van der Waals surface area contributed by atoms with Crippen molar-refractivity contribution in [2.75, 3.05) is 0 Å². The van der Waals surface area contributed by atoms with E-state index in [1.165, 1.54) is 0 Å². The fraction of sp³-hybridized carbons (Fsp3) is 0. The summed E-state index contributed by atoms with van der Waals surface area (Å²) >= 11 is 0. The highest BCUT2D eigenvalue weighted by Gasteiger charge is 1.84. The zero-order valence-electron chi connectivity index (χ0n) is 9.62. The molecule has 0 amide bonds. The molecule has 0 aromatic carbocycles. The molecule has 19 nitrogen and oxygen atoms in total. The van der Waals surface area contributed by atoms with Gasteiger partial charge in [-0.3, -0.25) is 9.11 Å². The van der Waals surface area contributed by atoms with Crippen molar-refractivity contribution in [3.8, 4) is 0 Å². The normalized spacial score (nSPS) is 2.76. The van der Waals surface area contributed by atoms with Gasteiger partial charge in [0.25, 0.3) is 0 Å². The van der Waals surface area contributed by atoms with E-state index in [2.05, 4.69) is 0 Å². The van der Waals surface area contributed by atoms with Crippen LogP contribution in [0.25, 0.3) is 0 Å². The zero-order chi connectivity index (χ0) is 4.50. The van der Waals surface area contributed by atoms with Gasteiger partial charge >= 0.3 is 10.4 Å². The molecule has 0 unspecified atom stereocenters. The van der Waals surface area contributed by atoms with E-state index in [4.69, 9.17) is 17.5 Å². The highest BCUT2D eigenvalue weighted by Crippen LogP contribution is 1.59. The summed E-state index contributed by atoms with van der Waals surface area (Å²) in [7, 11) is -4.67. The Labute approximate surface area is 128 Å². The first-order valence-electron chi connectivity index (χ1n) is 0.698. The quantitative estimate of drug-likeness (QED) is 0.296. The van der Waals surface area contributed by atoms with Crippen LogP contribution in [0, 0.1) is 0 Å². The number of hydrogen-bond donors (Lipinski definition) is 2. The second kappa shape index (κ2) is 208. The third-order valence-corrected chi connectivity index (χ3v) is 0. The summed E-state index contributed by atoms with van der Waals surface area (Å²) in [4.78, 5) is 0. The monoisotopic (exact) mass is 398 g/mol. The third-order valence-electron chi connectivity index (χ3n) is 0. The molecule has 0 spiro atoms. The first-order valence-corrected chi connectivity index (χ1v) is 2.10. The lowest BCUT2D eigenvalue weighted by Gasteiger charge is -1.68. The highest BCUT2D eigenvalue weighted by molar-refractivity contribution is 7.79. The van der Waals surface area contributed by atoms with Gasteiger partial charge in [-0.25, -0.2) is 0 Å². The van der Waals surface area contributed by atoms with Crippen LogP contribution in [0.4, 0.5) is 0 Å². The van der Waals surface area contributed by atoms with E-state index >= 15 is 0 Å². The van der Waals surface area contributed by atoms with Crippen molar-refractivity contribution in [1.29, 1.82) is 0 Å². The van der Waals surface area contributed by atoms with Crippen LogP contribution in [0.1, 0.15) is 0 Å². The second-order valence-electron chi connectivity index (χ2n) is 0.448. The summed E-state index contributed by atoms with van der Waals surface area (Å²) in [5.74, 6) is 0. The molecule has 0 atom stereocenters. The van der Waals surface area contributed by atoms with Gasteiger partial charge in [0.05, 0.1) is 0 Å². The Hall–Kier alpha value is -0.198. The summed E-state index contributed by atoms with van der Waals surface area (Å²) in [5.41, 5.74) is 0. The van der Waals surface area contributed by atoms with E-state index in [1.807, 2.05) is 0 Å². The van der Waals surface area contributed by atoms with Gasteiger partial charge in [-0.2, -0.15) is 8.42 Å². The summed E-state index contributed by atoms with van der Waals surface area (Å²) in [5, 5.41) is 0. The van der Waals surface area contributed by atoms with Gasteiger partial charge in [-0.1, -0.05) is 0 Å². The first kappa shape index (κ1) is 564. The molecule has 158 valence electrons. The summed E-state index contributed by atoms with van der Waals surface area (Å²) < 4.78 is 31.6. The molecule has 0 aromatic heterocycles. The minimum atomic E-state index is -4.67. The van der Waals surface area contributed by atoms with E-state index in [9.17, 15) is 0 Å². The van der Waals surface area contributed by atoms with E-state index in [0.29, 0.717) is 0 Å². The molecular formula is H35AlO19S. The molecule has 21 heteroatoms. The maximum atomic E-state index is 8.74. The third kappa shape index (κ3) is 161000. The Bertz CT molecular complexity index is 94.7. The van der Waals surface area contributed by atoms with Crippen LogP contribution >= 0.6 is 0 Å². The van der Waals surface area contributed by atoms with Crippen LogP contribution < -0.4 is 0 Å². The van der Waals surface area contributed by atoms with Crippen molar-refractivity contribution in [2.45, 2.75) is 0 Å². The smallest absolute Gasteiger partial charge is 0.394 e. The molecule has 0 radical (unpaired) electrons. The largest absolute Gasteiger partial charge is 0.412 e. The van der Waals surface area contributed by atoms with E-state index in [-0.39, 0.29) is 99.5 Å². The molecule has 0 aliphatic rings. The fourth-order valence-electron chi connectivity index (χ4n) is 0. The Balaban J connectivity index is -0.000000000667. The van der Waals surface area contributed by atoms with Crippen LogP contribution in [0.3, 0.4) is 0 Å². The Morgan fingerprint density at radius 3 is 0.381 bits per heavy atom. The van der Waals surface area contributed by atoms with Crippen molar-refractivity contribution in [1.82, 2.24) is 0 Å². The van der Waals surface area contributed by atoms with Gasteiger partial charge < -0.3 is 82.1 Å². The molecule has 0 aliphatic carbocycles. The molecule has 0 aliphatic heterocycles. The molecule has 0 heterocycles. The van der Waals surface area contributed by atoms with Crippen molar-refractivity contribution in [2.24, 2.45) is 0 Å². The minimum absolute atomic E-state index is 0. The molecule has 0 saturated heterocycles. The Morgan fingerprint density at radius 2 is 0.381 bits per heavy atom. The molecule has 0 rings (SSSR count). The van der Waals surface area contributed by atoms with Gasteiger partial charge in [0, 0.05) is 0 Å². The average Bonchev–Trinajstić information content (AvgIpc) is 0.722. The van der Waals surface area contributed by atoms with Crippen LogP contribution in [0.15, 0.2) is 0 Å². The van der Waals surface area contributed by atoms with E-state index in [1.54, 1.807) is 0 Å². The van der Waals surface area contributed by atoms with Crippen molar-refractivity contribution in [3.05, 3.63) is 0 Å². The number of rotatable bonds is 0. The predicted molar refractivity (Wildman–Crippen MR) is 78.3 cm³/mol. The summed E-state index contributed by atoms with van der Waals surface area (Å²) in [6.07, 6.45) is 0. The Kier molecular flexibility index (Phi) is 5590. The maximum Gasteiger partial charge on any atom is 0.394 e. The summed E-state index contributed by atoms with van der Waals surface area (Å²) in [6, 6.07) is 0. The van der Waals surface area contributed by atoms with Crippen molar-refractivity contribution in [3.63, 3.8) is 0 Å². The van der Waals surface area contributed by atoms with Crippen LogP contribution in [0.2, 0.25) is 0 Å². The molecular weight excluding hydrogens is 363 g/mol. The van der Waals surface area contributed by atoms with Crippen molar-refractivity contribution < 1.29 is 99.7 Å². The van der Waals surface area contributed by atoms with Crippen LogP contribution in [0.5, 0.6) is 0 Å². The van der Waals surface area contributed by atoms with Crippen molar-refractivity contribution >= 4 is 27.8 Å². The van der Waals surface area contributed by atoms with Gasteiger partial charge in [-0.05, 0) is 0 Å². The van der Waals surface area contributed by atoms with Gasteiger partial charge in [0.2, 0.25) is 0 Å². The molecule has 32 N–H and O–H groups in total. The average molecular weight is 398 g/mol. The lowest BCUT2D eigenvalue weighted by Crippen LogP contribution is -1.89. The molecule has 0 bridgehead atoms. The second-order valence-corrected chi connectivity index (χ2v) is 1.34. The fourth-order valence-corrected chi connectivity index (χ4v) is 0. The first-order chi connectivity index (χ1) is 2.00. The summed E-state index contributed by atoms with van der Waals surface area (Å²) in [6.45, 7) is 0. The zero-order valence-corrected chi connectivity index (χ0v) is 10.4. The van der Waals surface area contributed by atoms with Crippen LogP contribution in [-0.2, 0) is 10.4 Å². The topological polar surface area (TPSA) is 547 Å². The lowest BCUT2D eigenvalue weighted by molar-refractivity contribution is 0.381. The molecule has 0 aromatic rings. The van der Waals surface area contributed by atoms with E-state index in [0.717, 1.165) is 0 Å². The SMILES string of the molecule is O.O.O.O.O.O.O.O.O.O.O.O.O.O.O.O=S(=O)(O)O.[AlH3]. The predicted octanol–water partition coefficient (Wildman–Crippen LogP) is -14.2. The van der Waals surface area contributed by atoms with Gasteiger partial charge in [-0.15, -0.1) is 0 Å². The molecule has 0 saturated carbocycles.